The van der Waals surface area contributed by atoms with Gasteiger partial charge in [-0.1, -0.05) is 0 Å². The number of ether oxygens (including phenoxy) is 1. The van der Waals surface area contributed by atoms with Crippen LogP contribution in [0.4, 0.5) is 0 Å². The number of rotatable bonds is 2. The van der Waals surface area contributed by atoms with Gasteiger partial charge in [0.1, 0.15) is 11.9 Å². The minimum absolute atomic E-state index is 0.141. The van der Waals surface area contributed by atoms with Crippen LogP contribution in [0.3, 0.4) is 0 Å². The van der Waals surface area contributed by atoms with Crippen molar-refractivity contribution in [3.05, 3.63) is 39.1 Å². The van der Waals surface area contributed by atoms with Crippen LogP contribution in [-0.4, -0.2) is 40.1 Å². The molecule has 4 rings (SSSR count). The van der Waals surface area contributed by atoms with Gasteiger partial charge in [0.05, 0.1) is 23.7 Å². The number of nitrogens with zero attached hydrogens (tertiary/aromatic N) is 3. The maximum absolute atomic E-state index is 12.8. The summed E-state index contributed by atoms with van der Waals surface area (Å²) in [7, 11) is 1.98. The van der Waals surface area contributed by atoms with E-state index < -0.39 is 0 Å². The van der Waals surface area contributed by atoms with E-state index >= 15 is 0 Å². The lowest BCUT2D eigenvalue weighted by Gasteiger charge is -2.32. The smallest absolute Gasteiger partial charge is 0.264 e. The first-order valence-corrected chi connectivity index (χ1v) is 8.96. The Morgan fingerprint density at radius 2 is 2.30 bits per heavy atom. The number of carbonyl (C=O) groups is 1. The topological polar surface area (TPSA) is 47.4 Å². The van der Waals surface area contributed by atoms with Gasteiger partial charge in [-0.15, -0.1) is 11.3 Å². The molecule has 122 valence electrons. The second-order valence-electron chi connectivity index (χ2n) is 6.37. The zero-order valence-corrected chi connectivity index (χ0v) is 14.4. The van der Waals surface area contributed by atoms with Crippen molar-refractivity contribution in [2.24, 2.45) is 7.05 Å². The molecule has 1 aliphatic heterocycles. The van der Waals surface area contributed by atoms with Crippen LogP contribution in [0.25, 0.3) is 0 Å². The molecule has 1 aliphatic carbocycles. The van der Waals surface area contributed by atoms with Gasteiger partial charge in [-0.2, -0.15) is 0 Å². The molecule has 0 N–H and O–H groups in total. The lowest BCUT2D eigenvalue weighted by atomic mass is 10.2. The van der Waals surface area contributed by atoms with E-state index in [1.165, 1.54) is 16.9 Å². The van der Waals surface area contributed by atoms with Crippen molar-refractivity contribution < 1.29 is 9.53 Å². The first-order chi connectivity index (χ1) is 11.1. The van der Waals surface area contributed by atoms with Crippen LogP contribution in [0, 0.1) is 6.92 Å². The van der Waals surface area contributed by atoms with E-state index in [1.54, 1.807) is 11.3 Å². The largest absolute Gasteiger partial charge is 0.367 e. The highest BCUT2D eigenvalue weighted by molar-refractivity contribution is 7.14. The number of imidazole rings is 1. The summed E-state index contributed by atoms with van der Waals surface area (Å²) in [6.45, 7) is 3.77. The molecule has 1 saturated heterocycles. The third kappa shape index (κ3) is 2.70. The van der Waals surface area contributed by atoms with Gasteiger partial charge in [-0.25, -0.2) is 4.98 Å². The molecular weight excluding hydrogens is 310 g/mol. The van der Waals surface area contributed by atoms with Crippen LogP contribution in [-0.2, 0) is 24.6 Å². The van der Waals surface area contributed by atoms with Crippen LogP contribution < -0.4 is 0 Å². The molecule has 1 amide bonds. The summed E-state index contributed by atoms with van der Waals surface area (Å²) in [5.74, 6) is 1.04. The predicted octanol–water partition coefficient (Wildman–Crippen LogP) is 2.49. The van der Waals surface area contributed by atoms with Gasteiger partial charge in [-0.3, -0.25) is 4.79 Å². The van der Waals surface area contributed by atoms with Crippen molar-refractivity contribution in [3.63, 3.8) is 0 Å². The second kappa shape index (κ2) is 5.76. The van der Waals surface area contributed by atoms with Gasteiger partial charge >= 0.3 is 0 Å². The van der Waals surface area contributed by atoms with Crippen molar-refractivity contribution >= 4 is 17.2 Å². The number of hydrogen-bond acceptors (Lipinski definition) is 4. The molecule has 1 fully saturated rings. The van der Waals surface area contributed by atoms with Gasteiger partial charge in [0, 0.05) is 24.7 Å². The number of aryl methyl sites for hydroxylation is 4. The minimum atomic E-state index is -0.141. The van der Waals surface area contributed by atoms with Crippen LogP contribution >= 0.6 is 11.3 Å². The molecule has 1 unspecified atom stereocenters. The molecule has 0 radical (unpaired) electrons. The molecule has 2 aromatic rings. The molecule has 1 atom stereocenters. The quantitative estimate of drug-likeness (QED) is 0.849. The molecule has 2 aliphatic rings. The fourth-order valence-electron chi connectivity index (χ4n) is 3.51. The summed E-state index contributed by atoms with van der Waals surface area (Å²) in [6, 6.07) is 2.10. The number of fused-ring (bicyclic) bond motifs is 1. The van der Waals surface area contributed by atoms with E-state index in [-0.39, 0.29) is 12.0 Å². The highest BCUT2D eigenvalue weighted by Gasteiger charge is 2.30. The number of thiophene rings is 1. The Morgan fingerprint density at radius 3 is 3.04 bits per heavy atom. The molecule has 3 heterocycles. The molecule has 2 aromatic heterocycles. The number of aromatic nitrogens is 2. The van der Waals surface area contributed by atoms with E-state index in [0.29, 0.717) is 19.7 Å². The summed E-state index contributed by atoms with van der Waals surface area (Å²) in [4.78, 5) is 21.6. The van der Waals surface area contributed by atoms with Crippen molar-refractivity contribution in [1.82, 2.24) is 14.5 Å². The van der Waals surface area contributed by atoms with E-state index in [4.69, 9.17) is 4.74 Å². The number of hydrogen-bond donors (Lipinski definition) is 0. The Labute approximate surface area is 139 Å². The van der Waals surface area contributed by atoms with Crippen LogP contribution in [0.1, 0.15) is 44.2 Å². The minimum Gasteiger partial charge on any atom is -0.367 e. The van der Waals surface area contributed by atoms with Crippen molar-refractivity contribution in [2.75, 3.05) is 19.7 Å². The number of carbonyl (C=O) groups excluding carboxylic acids is 1. The Bertz CT molecular complexity index is 728. The zero-order chi connectivity index (χ0) is 16.0. The highest BCUT2D eigenvalue weighted by Crippen LogP contribution is 2.32. The zero-order valence-electron chi connectivity index (χ0n) is 13.5. The third-order valence-electron chi connectivity index (χ3n) is 4.63. The molecule has 0 aromatic carbocycles. The first kappa shape index (κ1) is 14.9. The summed E-state index contributed by atoms with van der Waals surface area (Å²) in [5.41, 5.74) is 2.35. The van der Waals surface area contributed by atoms with E-state index in [0.717, 1.165) is 29.2 Å². The van der Waals surface area contributed by atoms with E-state index in [9.17, 15) is 4.79 Å². The lowest BCUT2D eigenvalue weighted by Crippen LogP contribution is -2.42. The Hall–Kier alpha value is -1.66. The average Bonchev–Trinajstić information content (AvgIpc) is 3.21. The normalized spacial score (nSPS) is 20.8. The fourth-order valence-corrected chi connectivity index (χ4v) is 4.74. The fraction of sp³-hybridized carbons (Fsp3) is 0.529. The highest BCUT2D eigenvalue weighted by atomic mass is 32.1. The van der Waals surface area contributed by atoms with Gasteiger partial charge in [0.15, 0.2) is 0 Å². The summed E-state index contributed by atoms with van der Waals surface area (Å²) in [5, 5.41) is 0. The van der Waals surface area contributed by atoms with E-state index in [2.05, 4.69) is 11.1 Å². The average molecular weight is 331 g/mol. The van der Waals surface area contributed by atoms with Crippen molar-refractivity contribution in [3.8, 4) is 0 Å². The molecular formula is C17H21N3O2S. The Kier molecular flexibility index (Phi) is 3.73. The predicted molar refractivity (Wildman–Crippen MR) is 88.9 cm³/mol. The standard InChI is InChI=1S/C17H21N3O2S/c1-11-9-19(2)16(18-11)13-10-20(6-7-22-13)17(21)15-8-12-4-3-5-14(12)23-15/h8-9,13H,3-7,10H2,1-2H3. The summed E-state index contributed by atoms with van der Waals surface area (Å²) < 4.78 is 7.86. The van der Waals surface area contributed by atoms with Crippen molar-refractivity contribution in [1.29, 1.82) is 0 Å². The molecule has 0 bridgehead atoms. The maximum atomic E-state index is 12.8. The Morgan fingerprint density at radius 1 is 1.43 bits per heavy atom. The molecule has 6 heteroatoms. The van der Waals surface area contributed by atoms with Crippen LogP contribution in [0.2, 0.25) is 0 Å². The first-order valence-electron chi connectivity index (χ1n) is 8.14. The second-order valence-corrected chi connectivity index (χ2v) is 7.51. The number of morpholine rings is 1. The molecule has 5 nitrogen and oxygen atoms in total. The van der Waals surface area contributed by atoms with Crippen LogP contribution in [0.15, 0.2) is 12.3 Å². The summed E-state index contributed by atoms with van der Waals surface area (Å²) in [6.07, 6.45) is 5.33. The maximum Gasteiger partial charge on any atom is 0.264 e. The molecule has 23 heavy (non-hydrogen) atoms. The number of amides is 1. The summed E-state index contributed by atoms with van der Waals surface area (Å²) >= 11 is 1.68. The third-order valence-corrected chi connectivity index (χ3v) is 5.86. The van der Waals surface area contributed by atoms with E-state index in [1.807, 2.05) is 29.6 Å². The van der Waals surface area contributed by atoms with Gasteiger partial charge in [0.2, 0.25) is 0 Å². The van der Waals surface area contributed by atoms with Gasteiger partial charge in [0.25, 0.3) is 5.91 Å². The molecule has 0 saturated carbocycles. The lowest BCUT2D eigenvalue weighted by molar-refractivity contribution is -0.0277. The monoisotopic (exact) mass is 331 g/mol. The Balaban J connectivity index is 1.52. The SMILES string of the molecule is Cc1cn(C)c(C2CN(C(=O)c3cc4c(s3)CCC4)CCO2)n1. The van der Waals surface area contributed by atoms with Crippen LogP contribution in [0.5, 0.6) is 0 Å². The van der Waals surface area contributed by atoms with Gasteiger partial charge in [-0.05, 0) is 37.8 Å². The van der Waals surface area contributed by atoms with Gasteiger partial charge < -0.3 is 14.2 Å². The van der Waals surface area contributed by atoms with Crippen molar-refractivity contribution in [2.45, 2.75) is 32.3 Å². The molecule has 0 spiro atoms.